The Morgan fingerprint density at radius 1 is 1.37 bits per heavy atom. The molecule has 0 heterocycles. The molecular formula is C12H15BNO5. The lowest BCUT2D eigenvalue weighted by atomic mass is 10.1. The number of carboxylic acid groups (broad SMARTS) is 1. The predicted molar refractivity (Wildman–Crippen MR) is 68.2 cm³/mol. The van der Waals surface area contributed by atoms with Gasteiger partial charge in [-0.15, -0.1) is 0 Å². The fraction of sp³-hybridized carbons (Fsp3) is 0.333. The van der Waals surface area contributed by atoms with Crippen molar-refractivity contribution in [2.45, 2.75) is 19.1 Å². The van der Waals surface area contributed by atoms with Crippen LogP contribution in [0.2, 0.25) is 0 Å². The fourth-order valence-electron chi connectivity index (χ4n) is 1.36. The Morgan fingerprint density at radius 2 is 2.05 bits per heavy atom. The van der Waals surface area contributed by atoms with E-state index < -0.39 is 18.0 Å². The highest BCUT2D eigenvalue weighted by Gasteiger charge is 2.23. The second-order valence-electron chi connectivity index (χ2n) is 3.76. The van der Waals surface area contributed by atoms with E-state index in [9.17, 15) is 9.59 Å². The number of hydrogen-bond donors (Lipinski definition) is 2. The van der Waals surface area contributed by atoms with E-state index in [0.717, 1.165) is 13.2 Å². The van der Waals surface area contributed by atoms with E-state index in [-0.39, 0.29) is 13.0 Å². The number of aliphatic carboxylic acids is 1. The van der Waals surface area contributed by atoms with Crippen molar-refractivity contribution in [3.05, 3.63) is 35.9 Å². The third-order valence-electron chi connectivity index (χ3n) is 2.27. The largest absolute Gasteiger partial charge is 0.481 e. The lowest BCUT2D eigenvalue weighted by Gasteiger charge is -2.14. The molecule has 6 nitrogen and oxygen atoms in total. The zero-order valence-corrected chi connectivity index (χ0v) is 10.5. The predicted octanol–water partition coefficient (Wildman–Crippen LogP) is 0.343. The van der Waals surface area contributed by atoms with Crippen LogP contribution in [0.5, 0.6) is 0 Å². The molecule has 19 heavy (non-hydrogen) atoms. The van der Waals surface area contributed by atoms with Gasteiger partial charge in [0.25, 0.3) is 0 Å². The Labute approximate surface area is 112 Å². The number of benzene rings is 1. The molecule has 0 spiro atoms. The summed E-state index contributed by atoms with van der Waals surface area (Å²) in [5, 5.41) is 11.2. The third kappa shape index (κ3) is 6.03. The minimum absolute atomic E-state index is 0.102. The molecule has 1 rings (SSSR count). The van der Waals surface area contributed by atoms with E-state index in [2.05, 4.69) is 9.88 Å². The molecule has 1 atom stereocenters. The summed E-state index contributed by atoms with van der Waals surface area (Å²) in [5.41, 5.74) is 0.834. The first-order valence-electron chi connectivity index (χ1n) is 5.66. The molecule has 0 aliphatic rings. The van der Waals surface area contributed by atoms with Crippen LogP contribution in [0, 0.1) is 0 Å². The van der Waals surface area contributed by atoms with Gasteiger partial charge in [-0.05, 0) is 5.56 Å². The number of carbonyl (C=O) groups excluding carboxylic acids is 1. The van der Waals surface area contributed by atoms with Crippen molar-refractivity contribution in [2.24, 2.45) is 0 Å². The second kappa shape index (κ2) is 8.28. The molecule has 0 unspecified atom stereocenters. The van der Waals surface area contributed by atoms with Crippen LogP contribution < -0.4 is 5.23 Å². The summed E-state index contributed by atoms with van der Waals surface area (Å²) >= 11 is 0. The number of rotatable bonds is 8. The van der Waals surface area contributed by atoms with E-state index in [4.69, 9.17) is 9.84 Å². The number of esters is 1. The summed E-state index contributed by atoms with van der Waals surface area (Å²) in [7, 11) is 2.54. The highest BCUT2D eigenvalue weighted by atomic mass is 16.5. The Hall–Kier alpha value is -1.86. The third-order valence-corrected chi connectivity index (χ3v) is 2.27. The average molecular weight is 264 g/mol. The van der Waals surface area contributed by atoms with Gasteiger partial charge < -0.3 is 19.7 Å². The zero-order valence-electron chi connectivity index (χ0n) is 10.5. The summed E-state index contributed by atoms with van der Waals surface area (Å²) in [5.74, 6) is -1.74. The highest BCUT2D eigenvalue weighted by molar-refractivity contribution is 6.24. The van der Waals surface area contributed by atoms with Crippen molar-refractivity contribution in [1.29, 1.82) is 0 Å². The van der Waals surface area contributed by atoms with Crippen LogP contribution in [0.15, 0.2) is 30.3 Å². The lowest BCUT2D eigenvalue weighted by Crippen LogP contribution is -2.42. The molecule has 101 valence electrons. The van der Waals surface area contributed by atoms with E-state index in [0.29, 0.717) is 0 Å². The molecule has 0 aromatic heterocycles. The molecular weight excluding hydrogens is 249 g/mol. The normalized spacial score (nSPS) is 11.6. The average Bonchev–Trinajstić information content (AvgIpc) is 2.41. The van der Waals surface area contributed by atoms with E-state index in [1.54, 1.807) is 0 Å². The van der Waals surface area contributed by atoms with Gasteiger partial charge in [0.15, 0.2) is 0 Å². The molecule has 1 aromatic rings. The summed E-state index contributed by atoms with van der Waals surface area (Å²) in [6.07, 6.45) is -0.381. The van der Waals surface area contributed by atoms with Crippen LogP contribution in [0.25, 0.3) is 0 Å². The Bertz CT molecular complexity index is 412. The van der Waals surface area contributed by atoms with Gasteiger partial charge in [-0.1, -0.05) is 30.3 Å². The second-order valence-corrected chi connectivity index (χ2v) is 3.76. The van der Waals surface area contributed by atoms with Gasteiger partial charge in [-0.25, -0.2) is 0 Å². The summed E-state index contributed by atoms with van der Waals surface area (Å²) in [6, 6.07) is 8.17. The van der Waals surface area contributed by atoms with Crippen molar-refractivity contribution in [1.82, 2.24) is 5.23 Å². The van der Waals surface area contributed by atoms with Gasteiger partial charge in [0.05, 0.1) is 6.42 Å². The van der Waals surface area contributed by atoms with Crippen LogP contribution in [-0.2, 0) is 25.6 Å². The summed E-state index contributed by atoms with van der Waals surface area (Å²) in [6.45, 7) is 0.102. The SMILES string of the molecule is CO[B]N[C@@H](CC(=O)O)C(=O)OCc1ccccc1. The van der Waals surface area contributed by atoms with E-state index in [1.807, 2.05) is 30.3 Å². The Morgan fingerprint density at radius 3 is 2.63 bits per heavy atom. The van der Waals surface area contributed by atoms with Crippen molar-refractivity contribution in [3.8, 4) is 0 Å². The quantitative estimate of drug-likeness (QED) is 0.520. The minimum Gasteiger partial charge on any atom is -0.481 e. The molecule has 2 N–H and O–H groups in total. The zero-order chi connectivity index (χ0) is 14.1. The van der Waals surface area contributed by atoms with Gasteiger partial charge in [-0.2, -0.15) is 0 Å². The van der Waals surface area contributed by atoms with E-state index >= 15 is 0 Å². The molecule has 0 saturated carbocycles. The molecule has 0 fully saturated rings. The van der Waals surface area contributed by atoms with Crippen molar-refractivity contribution < 1.29 is 24.1 Å². The Kier molecular flexibility index (Phi) is 6.63. The van der Waals surface area contributed by atoms with Gasteiger partial charge in [0.2, 0.25) is 0 Å². The monoisotopic (exact) mass is 264 g/mol. The smallest absolute Gasteiger partial charge is 0.396 e. The maximum absolute atomic E-state index is 11.7. The highest BCUT2D eigenvalue weighted by Crippen LogP contribution is 2.03. The first-order valence-corrected chi connectivity index (χ1v) is 5.66. The van der Waals surface area contributed by atoms with Crippen molar-refractivity contribution in [3.63, 3.8) is 0 Å². The molecule has 0 aliphatic heterocycles. The molecule has 0 saturated heterocycles. The number of nitrogens with one attached hydrogen (secondary N) is 1. The number of carbonyl (C=O) groups is 2. The fourth-order valence-corrected chi connectivity index (χ4v) is 1.36. The molecule has 0 bridgehead atoms. The van der Waals surface area contributed by atoms with Gasteiger partial charge >= 0.3 is 19.6 Å². The molecule has 0 amide bonds. The summed E-state index contributed by atoms with van der Waals surface area (Å²) in [4.78, 5) is 22.4. The number of carboxylic acids is 1. The topological polar surface area (TPSA) is 84.9 Å². The minimum atomic E-state index is -1.10. The van der Waals surface area contributed by atoms with Gasteiger partial charge in [-0.3, -0.25) is 9.59 Å². The van der Waals surface area contributed by atoms with Crippen LogP contribution in [0.3, 0.4) is 0 Å². The summed E-state index contributed by atoms with van der Waals surface area (Å²) < 4.78 is 9.68. The first kappa shape index (κ1) is 15.2. The lowest BCUT2D eigenvalue weighted by molar-refractivity contribution is -0.151. The van der Waals surface area contributed by atoms with Crippen molar-refractivity contribution in [2.75, 3.05) is 7.11 Å². The molecule has 7 heteroatoms. The van der Waals surface area contributed by atoms with Gasteiger partial charge in [0.1, 0.15) is 12.6 Å². The first-order chi connectivity index (χ1) is 9.13. The maximum Gasteiger partial charge on any atom is 0.396 e. The van der Waals surface area contributed by atoms with Crippen LogP contribution in [0.1, 0.15) is 12.0 Å². The Balaban J connectivity index is 2.48. The van der Waals surface area contributed by atoms with E-state index in [1.165, 1.54) is 7.11 Å². The molecule has 1 radical (unpaired) electrons. The van der Waals surface area contributed by atoms with Crippen LogP contribution >= 0.6 is 0 Å². The maximum atomic E-state index is 11.7. The standard InChI is InChI=1S/C12H15BNO5/c1-18-13-14-10(7-11(15)16)12(17)19-8-9-5-3-2-4-6-9/h2-6,10,14H,7-8H2,1H3,(H,15,16)/t10-/m0/s1. The van der Waals surface area contributed by atoms with Gasteiger partial charge in [0, 0.05) is 7.11 Å². The van der Waals surface area contributed by atoms with Crippen molar-refractivity contribution >= 4 is 19.6 Å². The number of ether oxygens (including phenoxy) is 1. The molecule has 0 aliphatic carbocycles. The van der Waals surface area contributed by atoms with Crippen LogP contribution in [0.4, 0.5) is 0 Å². The number of hydrogen-bond acceptors (Lipinski definition) is 5. The molecule has 1 aromatic carbocycles. The van der Waals surface area contributed by atoms with Crippen LogP contribution in [-0.4, -0.2) is 37.8 Å².